The Bertz CT molecular complexity index is 888. The Labute approximate surface area is 146 Å². The molecule has 0 aliphatic rings. The van der Waals surface area contributed by atoms with Crippen molar-refractivity contribution in [1.29, 1.82) is 0 Å². The van der Waals surface area contributed by atoms with Gasteiger partial charge in [-0.1, -0.05) is 6.07 Å². The van der Waals surface area contributed by atoms with E-state index >= 15 is 0 Å². The maximum Gasteiger partial charge on any atom is 0.416 e. The van der Waals surface area contributed by atoms with Gasteiger partial charge in [0.15, 0.2) is 0 Å². The van der Waals surface area contributed by atoms with Crippen LogP contribution in [0.4, 0.5) is 32.0 Å². The molecule has 0 bridgehead atoms. The van der Waals surface area contributed by atoms with Crippen LogP contribution in [0.3, 0.4) is 0 Å². The minimum absolute atomic E-state index is 0.0610. The maximum absolute atomic E-state index is 13.1. The van der Waals surface area contributed by atoms with Crippen molar-refractivity contribution >= 4 is 11.7 Å². The van der Waals surface area contributed by atoms with E-state index in [-0.39, 0.29) is 6.07 Å². The first-order valence-corrected chi connectivity index (χ1v) is 6.92. The summed E-state index contributed by atoms with van der Waals surface area (Å²) in [6.07, 6.45) is -9.41. The van der Waals surface area contributed by atoms with Crippen LogP contribution in [0.2, 0.25) is 0 Å². The number of carbonyl (C=O) groups is 1. The lowest BCUT2D eigenvalue weighted by Gasteiger charge is -2.15. The number of rotatable bonds is 4. The van der Waals surface area contributed by atoms with Crippen molar-refractivity contribution in [2.45, 2.75) is 18.9 Å². The van der Waals surface area contributed by atoms with Crippen LogP contribution in [0.1, 0.15) is 27.2 Å². The lowest BCUT2D eigenvalue weighted by Crippen LogP contribution is -2.15. The van der Waals surface area contributed by atoms with Gasteiger partial charge in [0.05, 0.1) is 29.7 Å². The molecule has 1 aromatic heterocycles. The predicted molar refractivity (Wildman–Crippen MR) is 75.8 cm³/mol. The van der Waals surface area contributed by atoms with E-state index in [1.807, 2.05) is 0 Å². The standard InChI is InChI=1S/C14H9F6N3O4/c1-27-12(24)11-10(23(25)26)6-22(21-11)5-7-2-3-8(13(15,16)17)4-9(7)14(18,19)20/h2-4,6H,5H2,1H3. The zero-order chi connectivity index (χ0) is 20.6. The smallest absolute Gasteiger partial charge is 0.416 e. The summed E-state index contributed by atoms with van der Waals surface area (Å²) < 4.78 is 82.4. The van der Waals surface area contributed by atoms with Crippen LogP contribution in [-0.2, 0) is 23.6 Å². The lowest BCUT2D eigenvalue weighted by molar-refractivity contribution is -0.385. The number of carbonyl (C=O) groups excluding carboxylic acids is 1. The largest absolute Gasteiger partial charge is 0.464 e. The van der Waals surface area contributed by atoms with E-state index in [1.165, 1.54) is 0 Å². The summed E-state index contributed by atoms with van der Waals surface area (Å²) in [4.78, 5) is 21.4. The Morgan fingerprint density at radius 3 is 2.33 bits per heavy atom. The third-order valence-corrected chi connectivity index (χ3v) is 3.39. The number of benzene rings is 1. The summed E-state index contributed by atoms with van der Waals surface area (Å²) in [5.74, 6) is -1.19. The summed E-state index contributed by atoms with van der Waals surface area (Å²) in [6, 6.07) is 0.981. The second kappa shape index (κ2) is 6.89. The van der Waals surface area contributed by atoms with Crippen molar-refractivity contribution in [3.05, 3.63) is 56.9 Å². The zero-order valence-corrected chi connectivity index (χ0v) is 13.3. The summed E-state index contributed by atoms with van der Waals surface area (Å²) >= 11 is 0. The van der Waals surface area contributed by atoms with E-state index in [9.17, 15) is 41.3 Å². The highest BCUT2D eigenvalue weighted by molar-refractivity contribution is 5.91. The molecule has 0 unspecified atom stereocenters. The number of halogens is 6. The van der Waals surface area contributed by atoms with Crippen LogP contribution in [0.15, 0.2) is 24.4 Å². The molecule has 0 saturated carbocycles. The number of nitrogens with zero attached hydrogens (tertiary/aromatic N) is 3. The van der Waals surface area contributed by atoms with E-state index in [1.54, 1.807) is 0 Å². The highest BCUT2D eigenvalue weighted by Crippen LogP contribution is 2.37. The molecule has 0 N–H and O–H groups in total. The fourth-order valence-electron chi connectivity index (χ4n) is 2.20. The van der Waals surface area contributed by atoms with Crippen LogP contribution in [0.25, 0.3) is 0 Å². The highest BCUT2D eigenvalue weighted by Gasteiger charge is 2.38. The molecule has 0 fully saturated rings. The van der Waals surface area contributed by atoms with Gasteiger partial charge in [-0.05, 0) is 17.7 Å². The molecule has 7 nitrogen and oxygen atoms in total. The third kappa shape index (κ3) is 4.35. The van der Waals surface area contributed by atoms with E-state index in [0.29, 0.717) is 23.0 Å². The fourth-order valence-corrected chi connectivity index (χ4v) is 2.20. The summed E-state index contributed by atoms with van der Waals surface area (Å²) in [6.45, 7) is -0.759. The molecule has 0 amide bonds. The van der Waals surface area contributed by atoms with Gasteiger partial charge >= 0.3 is 24.0 Å². The molecular weight excluding hydrogens is 388 g/mol. The molecule has 0 aliphatic carbocycles. The van der Waals surface area contributed by atoms with Gasteiger partial charge in [0.25, 0.3) is 0 Å². The van der Waals surface area contributed by atoms with Crippen LogP contribution in [0.5, 0.6) is 0 Å². The predicted octanol–water partition coefficient (Wildman–Crippen LogP) is 3.66. The SMILES string of the molecule is COC(=O)c1nn(Cc2ccc(C(F)(F)F)cc2C(F)(F)F)cc1[N+](=O)[O-]. The highest BCUT2D eigenvalue weighted by atomic mass is 19.4. The van der Waals surface area contributed by atoms with E-state index < -0.39 is 57.9 Å². The summed E-state index contributed by atoms with van der Waals surface area (Å²) in [5.41, 5.74) is -5.26. The molecule has 0 aliphatic heterocycles. The number of aromatic nitrogens is 2. The van der Waals surface area contributed by atoms with Crippen molar-refractivity contribution < 1.29 is 40.8 Å². The van der Waals surface area contributed by atoms with Crippen LogP contribution < -0.4 is 0 Å². The molecule has 146 valence electrons. The molecule has 27 heavy (non-hydrogen) atoms. The molecule has 2 rings (SSSR count). The molecule has 0 radical (unpaired) electrons. The van der Waals surface area contributed by atoms with Crippen molar-refractivity contribution in [3.63, 3.8) is 0 Å². The van der Waals surface area contributed by atoms with Gasteiger partial charge in [0, 0.05) is 0 Å². The second-order valence-electron chi connectivity index (χ2n) is 5.18. The Kier molecular flexibility index (Phi) is 5.15. The third-order valence-electron chi connectivity index (χ3n) is 3.39. The number of hydrogen-bond donors (Lipinski definition) is 0. The number of hydrogen-bond acceptors (Lipinski definition) is 5. The number of alkyl halides is 6. The normalized spacial score (nSPS) is 12.1. The minimum atomic E-state index is -5.11. The van der Waals surface area contributed by atoms with Gasteiger partial charge in [-0.3, -0.25) is 14.8 Å². The number of ether oxygens (including phenoxy) is 1. The first-order valence-electron chi connectivity index (χ1n) is 6.92. The minimum Gasteiger partial charge on any atom is -0.464 e. The van der Waals surface area contributed by atoms with Crippen LogP contribution in [-0.4, -0.2) is 27.8 Å². The topological polar surface area (TPSA) is 87.3 Å². The first-order chi connectivity index (χ1) is 12.3. The van der Waals surface area contributed by atoms with Crippen LogP contribution in [0, 0.1) is 10.1 Å². The van der Waals surface area contributed by atoms with Gasteiger partial charge < -0.3 is 4.74 Å². The molecule has 0 saturated heterocycles. The number of nitro groups is 1. The maximum atomic E-state index is 13.1. The van der Waals surface area contributed by atoms with Gasteiger partial charge in [0.1, 0.15) is 6.20 Å². The molecule has 2 aromatic rings. The summed E-state index contributed by atoms with van der Waals surface area (Å²) in [7, 11) is 0.919. The fraction of sp³-hybridized carbons (Fsp3) is 0.286. The molecular formula is C14H9F6N3O4. The molecule has 0 atom stereocenters. The molecule has 1 heterocycles. The molecule has 13 heteroatoms. The van der Waals surface area contributed by atoms with Crippen molar-refractivity contribution in [3.8, 4) is 0 Å². The first kappa shape index (κ1) is 20.2. The zero-order valence-electron chi connectivity index (χ0n) is 13.3. The second-order valence-corrected chi connectivity index (χ2v) is 5.18. The monoisotopic (exact) mass is 397 g/mol. The van der Waals surface area contributed by atoms with Gasteiger partial charge in [-0.2, -0.15) is 31.4 Å². The Balaban J connectivity index is 2.51. The average molecular weight is 397 g/mol. The van der Waals surface area contributed by atoms with E-state index in [4.69, 9.17) is 0 Å². The van der Waals surface area contributed by atoms with E-state index in [0.717, 1.165) is 7.11 Å². The Hall–Kier alpha value is -3.12. The van der Waals surface area contributed by atoms with Gasteiger partial charge in [-0.25, -0.2) is 4.79 Å². The average Bonchev–Trinajstić information content (AvgIpc) is 2.96. The van der Waals surface area contributed by atoms with E-state index in [2.05, 4.69) is 9.84 Å². The quantitative estimate of drug-likeness (QED) is 0.340. The Morgan fingerprint density at radius 1 is 1.22 bits per heavy atom. The van der Waals surface area contributed by atoms with Crippen LogP contribution >= 0.6 is 0 Å². The van der Waals surface area contributed by atoms with Crippen molar-refractivity contribution in [1.82, 2.24) is 9.78 Å². The number of methoxy groups -OCH3 is 1. The summed E-state index contributed by atoms with van der Waals surface area (Å²) in [5, 5.41) is 14.4. The number of esters is 1. The molecule has 0 spiro atoms. The van der Waals surface area contributed by atoms with Gasteiger partial charge in [-0.15, -0.1) is 0 Å². The lowest BCUT2D eigenvalue weighted by atomic mass is 10.0. The molecule has 1 aromatic carbocycles. The Morgan fingerprint density at radius 2 is 1.85 bits per heavy atom. The van der Waals surface area contributed by atoms with Crippen molar-refractivity contribution in [2.24, 2.45) is 0 Å². The van der Waals surface area contributed by atoms with Crippen molar-refractivity contribution in [2.75, 3.05) is 7.11 Å². The van der Waals surface area contributed by atoms with Gasteiger partial charge in [0.2, 0.25) is 5.69 Å².